The van der Waals surface area contributed by atoms with E-state index in [1.54, 1.807) is 49.5 Å². The van der Waals surface area contributed by atoms with Crippen molar-refractivity contribution in [2.45, 2.75) is 19.6 Å². The van der Waals surface area contributed by atoms with Crippen molar-refractivity contribution in [3.05, 3.63) is 142 Å². The molecule has 0 N–H and O–H groups in total. The van der Waals surface area contributed by atoms with E-state index in [1.807, 2.05) is 60.7 Å². The van der Waals surface area contributed by atoms with Gasteiger partial charge in [-0.3, -0.25) is 4.79 Å². The average molecular weight is 587 g/mol. The van der Waals surface area contributed by atoms with Gasteiger partial charge in [-0.1, -0.05) is 71.7 Å². The van der Waals surface area contributed by atoms with Crippen LogP contribution >= 0.6 is 23.2 Å². The molecule has 0 aliphatic carbocycles. The number of hydrogen-bond acceptors (Lipinski definition) is 4. The van der Waals surface area contributed by atoms with Gasteiger partial charge in [-0.25, -0.2) is 9.07 Å². The highest BCUT2D eigenvalue weighted by Gasteiger charge is 2.14. The highest BCUT2D eigenvalue weighted by atomic mass is 35.5. The Morgan fingerprint density at radius 1 is 0.951 bits per heavy atom. The second-order valence-corrected chi connectivity index (χ2v) is 10.1. The van der Waals surface area contributed by atoms with Crippen molar-refractivity contribution in [2.75, 3.05) is 0 Å². The molecule has 0 aliphatic heterocycles. The summed E-state index contributed by atoms with van der Waals surface area (Å²) in [6.45, 7) is 2.10. The first-order valence-electron chi connectivity index (χ1n) is 12.8. The number of halogens is 3. The van der Waals surface area contributed by atoms with Crippen molar-refractivity contribution in [2.24, 2.45) is 0 Å². The van der Waals surface area contributed by atoms with Crippen molar-refractivity contribution in [3.8, 4) is 22.6 Å². The van der Waals surface area contributed by atoms with E-state index in [0.717, 1.165) is 16.7 Å². The summed E-state index contributed by atoms with van der Waals surface area (Å²) in [7, 11) is 0. The third-order valence-electron chi connectivity index (χ3n) is 6.30. The summed E-state index contributed by atoms with van der Waals surface area (Å²) in [6, 6.07) is 28.3. The molecule has 206 valence electrons. The predicted octanol–water partition coefficient (Wildman–Crippen LogP) is 9.07. The normalized spacial score (nSPS) is 11.9. The van der Waals surface area contributed by atoms with Crippen LogP contribution in [0.25, 0.3) is 17.2 Å². The summed E-state index contributed by atoms with van der Waals surface area (Å²) in [6.07, 6.45) is 4.20. The molecule has 41 heavy (non-hydrogen) atoms. The number of allylic oxidation sites excluding steroid dienone is 1. The van der Waals surface area contributed by atoms with Gasteiger partial charge in [0, 0.05) is 39.5 Å². The van der Waals surface area contributed by atoms with E-state index in [2.05, 4.69) is 5.10 Å². The van der Waals surface area contributed by atoms with Crippen LogP contribution in [0.4, 0.5) is 4.39 Å². The van der Waals surface area contributed by atoms with Crippen LogP contribution in [0.5, 0.6) is 11.5 Å². The molecule has 0 unspecified atom stereocenters. The monoisotopic (exact) mass is 586 g/mol. The second kappa shape index (κ2) is 12.9. The molecular formula is C33H25Cl2FN2O3. The van der Waals surface area contributed by atoms with Gasteiger partial charge in [-0.15, -0.1) is 0 Å². The maximum atomic E-state index is 14.7. The minimum absolute atomic E-state index is 0.307. The summed E-state index contributed by atoms with van der Waals surface area (Å²) in [5, 5.41) is 5.46. The van der Waals surface area contributed by atoms with E-state index in [-0.39, 0.29) is 11.7 Å². The van der Waals surface area contributed by atoms with E-state index >= 15 is 0 Å². The molecule has 1 heterocycles. The van der Waals surface area contributed by atoms with Gasteiger partial charge < -0.3 is 9.47 Å². The van der Waals surface area contributed by atoms with Gasteiger partial charge in [0.25, 0.3) is 5.91 Å². The summed E-state index contributed by atoms with van der Waals surface area (Å²) in [5.74, 6) is 0.343. The molecule has 1 atom stereocenters. The second-order valence-electron chi connectivity index (χ2n) is 9.22. The Morgan fingerprint density at radius 2 is 1.71 bits per heavy atom. The van der Waals surface area contributed by atoms with E-state index in [9.17, 15) is 9.18 Å². The Morgan fingerprint density at radius 3 is 2.44 bits per heavy atom. The van der Waals surface area contributed by atoms with Crippen LogP contribution in [0.15, 0.2) is 109 Å². The van der Waals surface area contributed by atoms with Gasteiger partial charge in [-0.2, -0.15) is 5.10 Å². The fourth-order valence-corrected chi connectivity index (χ4v) is 4.54. The third kappa shape index (κ3) is 7.23. The number of carbonyl (C=O) groups is 1. The molecule has 0 radical (unpaired) electrons. The van der Waals surface area contributed by atoms with Crippen LogP contribution in [0, 0.1) is 5.82 Å². The van der Waals surface area contributed by atoms with Crippen LogP contribution in [-0.2, 0) is 6.61 Å². The molecular weight excluding hydrogens is 562 g/mol. The lowest BCUT2D eigenvalue weighted by Gasteiger charge is -2.13. The van der Waals surface area contributed by atoms with Gasteiger partial charge in [-0.05, 0) is 66.6 Å². The molecule has 0 amide bonds. The van der Waals surface area contributed by atoms with E-state index in [1.165, 1.54) is 16.8 Å². The number of benzene rings is 4. The van der Waals surface area contributed by atoms with E-state index in [0.29, 0.717) is 39.4 Å². The maximum absolute atomic E-state index is 14.7. The molecule has 1 aromatic heterocycles. The van der Waals surface area contributed by atoms with Crippen molar-refractivity contribution < 1.29 is 18.7 Å². The molecule has 5 nitrogen and oxygen atoms in total. The van der Waals surface area contributed by atoms with Crippen LogP contribution in [-0.4, -0.2) is 15.7 Å². The maximum Gasteiger partial charge on any atom is 0.270 e. The van der Waals surface area contributed by atoms with Gasteiger partial charge in [0.2, 0.25) is 0 Å². The number of hydrogen-bond donors (Lipinski definition) is 0. The minimum Gasteiger partial charge on any atom is -0.489 e. The number of ether oxygens (including phenoxy) is 2. The van der Waals surface area contributed by atoms with E-state index < -0.39 is 6.10 Å². The predicted molar refractivity (Wildman–Crippen MR) is 160 cm³/mol. The first kappa shape index (κ1) is 28.1. The number of aromatic nitrogens is 2. The van der Waals surface area contributed by atoms with Gasteiger partial charge in [0.05, 0.1) is 0 Å². The Labute approximate surface area is 247 Å². The summed E-state index contributed by atoms with van der Waals surface area (Å²) in [4.78, 5) is 12.7. The van der Waals surface area contributed by atoms with Crippen molar-refractivity contribution >= 4 is 35.2 Å². The van der Waals surface area contributed by atoms with Crippen LogP contribution < -0.4 is 9.47 Å². The van der Waals surface area contributed by atoms with Crippen LogP contribution in [0.3, 0.4) is 0 Å². The summed E-state index contributed by atoms with van der Waals surface area (Å²) in [5.41, 5.74) is 3.48. The first-order valence-corrected chi connectivity index (χ1v) is 13.6. The molecule has 5 rings (SSSR count). The van der Waals surface area contributed by atoms with Crippen molar-refractivity contribution in [3.63, 3.8) is 0 Å². The van der Waals surface area contributed by atoms with Crippen LogP contribution in [0.1, 0.15) is 34.6 Å². The third-order valence-corrected chi connectivity index (χ3v) is 6.89. The topological polar surface area (TPSA) is 53.4 Å². The van der Waals surface area contributed by atoms with Gasteiger partial charge in [0.1, 0.15) is 35.7 Å². The SMILES string of the molecule is C[C@H](Oc1ccc(-c2ccccc2)c(F)c1)c1ccn(C(=O)/C=C/c2ccc(OCc3ccc(Cl)cc3Cl)cc2)n1. The number of carbonyl (C=O) groups excluding carboxylic acids is 1. The lowest BCUT2D eigenvalue weighted by atomic mass is 10.1. The zero-order chi connectivity index (χ0) is 28.8. The number of rotatable bonds is 9. The van der Waals surface area contributed by atoms with Crippen molar-refractivity contribution in [1.82, 2.24) is 9.78 Å². The standard InChI is InChI=1S/C33H25Cl2FN2O3/c1-22(41-28-14-15-29(31(36)20-28)24-5-3-2-4-6-24)32-17-18-38(37-32)33(39)16-9-23-7-12-27(13-8-23)40-21-25-10-11-26(34)19-30(25)35/h2-20,22H,21H2,1H3/b16-9+/t22-/m0/s1. The smallest absolute Gasteiger partial charge is 0.270 e. The zero-order valence-corrected chi connectivity index (χ0v) is 23.5. The Bertz CT molecular complexity index is 1690. The lowest BCUT2D eigenvalue weighted by Crippen LogP contribution is -2.10. The van der Waals surface area contributed by atoms with Crippen LogP contribution in [0.2, 0.25) is 10.0 Å². The Balaban J connectivity index is 1.16. The Kier molecular flexibility index (Phi) is 8.82. The molecule has 0 aliphatic rings. The largest absolute Gasteiger partial charge is 0.489 e. The Hall–Kier alpha value is -4.39. The molecule has 0 saturated carbocycles. The average Bonchev–Trinajstić information content (AvgIpc) is 3.48. The van der Waals surface area contributed by atoms with Crippen molar-refractivity contribution in [1.29, 1.82) is 0 Å². The molecule has 0 bridgehead atoms. The lowest BCUT2D eigenvalue weighted by molar-refractivity contribution is 0.0953. The quantitative estimate of drug-likeness (QED) is 0.162. The molecule has 0 fully saturated rings. The van der Waals surface area contributed by atoms with Gasteiger partial charge in [0.15, 0.2) is 0 Å². The summed E-state index contributed by atoms with van der Waals surface area (Å²) < 4.78 is 27.6. The fraction of sp³-hybridized carbons (Fsp3) is 0.0909. The molecule has 0 saturated heterocycles. The first-order chi connectivity index (χ1) is 19.9. The molecule has 8 heteroatoms. The fourth-order valence-electron chi connectivity index (χ4n) is 4.08. The highest BCUT2D eigenvalue weighted by molar-refractivity contribution is 6.35. The van der Waals surface area contributed by atoms with Gasteiger partial charge >= 0.3 is 0 Å². The minimum atomic E-state index is -0.495. The molecule has 0 spiro atoms. The molecule has 5 aromatic rings. The molecule has 4 aromatic carbocycles. The number of nitrogens with zero attached hydrogens (tertiary/aromatic N) is 2. The highest BCUT2D eigenvalue weighted by Crippen LogP contribution is 2.28. The van der Waals surface area contributed by atoms with E-state index in [4.69, 9.17) is 32.7 Å². The zero-order valence-electron chi connectivity index (χ0n) is 22.0. The summed E-state index contributed by atoms with van der Waals surface area (Å²) >= 11 is 12.1.